The molecule has 0 bridgehead atoms. The fourth-order valence-corrected chi connectivity index (χ4v) is 3.75. The van der Waals surface area contributed by atoms with Crippen molar-refractivity contribution in [1.82, 2.24) is 4.57 Å². The van der Waals surface area contributed by atoms with Gasteiger partial charge in [0.1, 0.15) is 18.0 Å². The van der Waals surface area contributed by atoms with Gasteiger partial charge in [0.2, 0.25) is 0 Å². The van der Waals surface area contributed by atoms with Crippen molar-refractivity contribution in [1.29, 1.82) is 0 Å². The van der Waals surface area contributed by atoms with Crippen molar-refractivity contribution < 1.29 is 19.7 Å². The molecule has 0 saturated carbocycles. The molecule has 0 radical (unpaired) electrons. The summed E-state index contributed by atoms with van der Waals surface area (Å²) in [7, 11) is 1.60. The highest BCUT2D eigenvalue weighted by atomic mass is 16.6. The summed E-state index contributed by atoms with van der Waals surface area (Å²) in [4.78, 5) is 12.8. The van der Waals surface area contributed by atoms with Gasteiger partial charge in [0.05, 0.1) is 47.3 Å². The first-order valence-corrected chi connectivity index (χ1v) is 9.41. The number of aromatic nitrogens is 1. The van der Waals surface area contributed by atoms with Gasteiger partial charge >= 0.3 is 0 Å². The topological polar surface area (TPSA) is 82.0 Å². The number of benzene rings is 2. The molecule has 0 aliphatic carbocycles. The van der Waals surface area contributed by atoms with Gasteiger partial charge < -0.3 is 19.3 Å². The van der Waals surface area contributed by atoms with Gasteiger partial charge in [0, 0.05) is 5.69 Å². The van der Waals surface area contributed by atoms with Crippen LogP contribution in [0.4, 0.5) is 5.69 Å². The van der Waals surface area contributed by atoms with Gasteiger partial charge in [-0.1, -0.05) is 0 Å². The van der Waals surface area contributed by atoms with Crippen LogP contribution < -0.4 is 9.64 Å². The molecule has 0 aliphatic heterocycles. The molecule has 0 aliphatic rings. The molecular weight excluding hydrogens is 358 g/mol. The standard InChI is InChI=1S/C21H25N3O4/c1-5-22(6-2)13-18-19(25)12-11-17-20(24(26)27)14(3)23(21(17)18)15-7-9-16(28-4)10-8-15/h7-12,25H,5-6,13H2,1-4H3/p+1. The van der Waals surface area contributed by atoms with Crippen molar-refractivity contribution in [3.8, 4) is 17.2 Å². The van der Waals surface area contributed by atoms with Crippen LogP contribution in [-0.4, -0.2) is 34.8 Å². The maximum atomic E-state index is 11.8. The van der Waals surface area contributed by atoms with Crippen LogP contribution in [0.1, 0.15) is 25.1 Å². The zero-order chi connectivity index (χ0) is 20.4. The molecule has 0 amide bonds. The summed E-state index contributed by atoms with van der Waals surface area (Å²) in [6.07, 6.45) is 0. The molecule has 0 fully saturated rings. The van der Waals surface area contributed by atoms with E-state index in [9.17, 15) is 15.2 Å². The highest BCUT2D eigenvalue weighted by Gasteiger charge is 2.28. The Morgan fingerprint density at radius 3 is 2.32 bits per heavy atom. The maximum absolute atomic E-state index is 11.8. The number of hydrogen-bond donors (Lipinski definition) is 2. The molecule has 0 saturated heterocycles. The smallest absolute Gasteiger partial charge is 0.298 e. The molecular formula is C21H26N3O4+. The second-order valence-electron chi connectivity index (χ2n) is 6.82. The minimum absolute atomic E-state index is 0.0709. The van der Waals surface area contributed by atoms with Crippen molar-refractivity contribution in [3.05, 3.63) is 57.8 Å². The number of rotatable bonds is 7. The van der Waals surface area contributed by atoms with E-state index in [4.69, 9.17) is 4.74 Å². The average molecular weight is 384 g/mol. The Bertz CT molecular complexity index is 1000. The summed E-state index contributed by atoms with van der Waals surface area (Å²) in [6, 6.07) is 10.6. The predicted molar refractivity (Wildman–Crippen MR) is 109 cm³/mol. The summed E-state index contributed by atoms with van der Waals surface area (Å²) in [5.74, 6) is 0.872. The number of ether oxygens (including phenoxy) is 1. The van der Waals surface area contributed by atoms with Gasteiger partial charge in [-0.25, -0.2) is 0 Å². The van der Waals surface area contributed by atoms with E-state index in [0.717, 1.165) is 24.3 Å². The number of phenols is 1. The van der Waals surface area contributed by atoms with Crippen molar-refractivity contribution in [3.63, 3.8) is 0 Å². The number of hydrogen-bond acceptors (Lipinski definition) is 4. The molecule has 3 rings (SSSR count). The molecule has 2 aromatic carbocycles. The molecule has 0 unspecified atom stereocenters. The fourth-order valence-electron chi connectivity index (χ4n) is 3.75. The van der Waals surface area contributed by atoms with Crippen molar-refractivity contribution >= 4 is 16.6 Å². The monoisotopic (exact) mass is 384 g/mol. The van der Waals surface area contributed by atoms with E-state index >= 15 is 0 Å². The zero-order valence-electron chi connectivity index (χ0n) is 16.7. The highest BCUT2D eigenvalue weighted by molar-refractivity contribution is 5.96. The summed E-state index contributed by atoms with van der Waals surface area (Å²) < 4.78 is 7.10. The quantitative estimate of drug-likeness (QED) is 0.485. The number of nitrogens with one attached hydrogen (secondary N) is 1. The van der Waals surface area contributed by atoms with Gasteiger partial charge in [-0.2, -0.15) is 0 Å². The number of fused-ring (bicyclic) bond motifs is 1. The van der Waals surface area contributed by atoms with Crippen molar-refractivity contribution in [2.24, 2.45) is 0 Å². The summed E-state index contributed by atoms with van der Waals surface area (Å²) in [6.45, 7) is 8.31. The largest absolute Gasteiger partial charge is 0.507 e. The number of nitro groups is 1. The van der Waals surface area contributed by atoms with Crippen molar-refractivity contribution in [2.75, 3.05) is 20.2 Å². The Hall–Kier alpha value is -3.06. The SMILES string of the molecule is CC[NH+](CC)Cc1c(O)ccc2c([N+](=O)[O-])c(C)n(-c3ccc(OC)cc3)c12. The lowest BCUT2D eigenvalue weighted by atomic mass is 10.1. The number of nitrogens with zero attached hydrogens (tertiary/aromatic N) is 2. The lowest BCUT2D eigenvalue weighted by molar-refractivity contribution is -0.910. The van der Waals surface area contributed by atoms with Crippen molar-refractivity contribution in [2.45, 2.75) is 27.3 Å². The average Bonchev–Trinajstić information content (AvgIpc) is 2.99. The molecule has 0 spiro atoms. The van der Waals surface area contributed by atoms with Crippen LogP contribution in [-0.2, 0) is 6.54 Å². The van der Waals surface area contributed by atoms with Crippen LogP contribution >= 0.6 is 0 Å². The van der Waals surface area contributed by atoms with E-state index in [0.29, 0.717) is 28.9 Å². The van der Waals surface area contributed by atoms with E-state index in [1.165, 1.54) is 4.90 Å². The third kappa shape index (κ3) is 3.29. The van der Waals surface area contributed by atoms with E-state index in [1.54, 1.807) is 26.2 Å². The van der Waals surface area contributed by atoms with E-state index in [-0.39, 0.29) is 16.4 Å². The third-order valence-electron chi connectivity index (χ3n) is 5.35. The van der Waals surface area contributed by atoms with Crippen LogP contribution in [0.15, 0.2) is 36.4 Å². The Morgan fingerprint density at radius 1 is 1.14 bits per heavy atom. The van der Waals surface area contributed by atoms with Gasteiger partial charge in [-0.05, 0) is 57.2 Å². The zero-order valence-corrected chi connectivity index (χ0v) is 16.7. The third-order valence-corrected chi connectivity index (χ3v) is 5.35. The van der Waals surface area contributed by atoms with Crippen LogP contribution in [0.25, 0.3) is 16.6 Å². The first-order chi connectivity index (χ1) is 13.4. The molecule has 28 heavy (non-hydrogen) atoms. The van der Waals surface area contributed by atoms with E-state index in [2.05, 4.69) is 13.8 Å². The molecule has 7 heteroatoms. The number of aromatic hydroxyl groups is 1. The summed E-state index contributed by atoms with van der Waals surface area (Å²) in [5.41, 5.74) is 2.81. The van der Waals surface area contributed by atoms with Gasteiger partial charge in [-0.15, -0.1) is 0 Å². The molecule has 1 aromatic heterocycles. The number of quaternary nitrogens is 1. The van der Waals surface area contributed by atoms with Gasteiger partial charge in [0.25, 0.3) is 5.69 Å². The minimum Gasteiger partial charge on any atom is -0.507 e. The highest BCUT2D eigenvalue weighted by Crippen LogP contribution is 2.39. The van der Waals surface area contributed by atoms with E-state index < -0.39 is 0 Å². The van der Waals surface area contributed by atoms with Gasteiger partial charge in [-0.3, -0.25) is 10.1 Å². The Labute approximate surface area is 163 Å². The normalized spacial score (nSPS) is 11.3. The Kier molecular flexibility index (Phi) is 5.56. The van der Waals surface area contributed by atoms with Crippen LogP contribution in [0, 0.1) is 17.0 Å². The predicted octanol–water partition coefficient (Wildman–Crippen LogP) is 2.99. The molecule has 1 heterocycles. The second-order valence-corrected chi connectivity index (χ2v) is 6.82. The lowest BCUT2D eigenvalue weighted by Gasteiger charge is -2.18. The molecule has 2 N–H and O–H groups in total. The lowest BCUT2D eigenvalue weighted by Crippen LogP contribution is -3.10. The molecule has 7 nitrogen and oxygen atoms in total. The van der Waals surface area contributed by atoms with Crippen LogP contribution in [0.5, 0.6) is 11.5 Å². The first kappa shape index (κ1) is 19.7. The maximum Gasteiger partial charge on any atom is 0.298 e. The molecule has 0 atom stereocenters. The fraction of sp³-hybridized carbons (Fsp3) is 0.333. The van der Waals surface area contributed by atoms with Crippen LogP contribution in [0.2, 0.25) is 0 Å². The number of methoxy groups -OCH3 is 1. The first-order valence-electron chi connectivity index (χ1n) is 9.41. The number of phenolic OH excluding ortho intramolecular Hbond substituents is 1. The summed E-state index contributed by atoms with van der Waals surface area (Å²) >= 11 is 0. The molecule has 3 aromatic rings. The summed E-state index contributed by atoms with van der Waals surface area (Å²) in [5, 5.41) is 23.0. The minimum atomic E-state index is -0.344. The van der Waals surface area contributed by atoms with E-state index in [1.807, 2.05) is 28.8 Å². The Morgan fingerprint density at radius 2 is 1.79 bits per heavy atom. The molecule has 148 valence electrons. The Balaban J connectivity index is 2.35. The van der Waals surface area contributed by atoms with Gasteiger partial charge in [0.15, 0.2) is 0 Å². The van der Waals surface area contributed by atoms with Crippen LogP contribution in [0.3, 0.4) is 0 Å². The second kappa shape index (κ2) is 7.90.